The van der Waals surface area contributed by atoms with Crippen LogP contribution in [0, 0.1) is 23.7 Å². The number of carboxylic acid groups (broad SMARTS) is 1. The van der Waals surface area contributed by atoms with Crippen molar-refractivity contribution in [1.82, 2.24) is 9.80 Å². The Labute approximate surface area is 230 Å². The van der Waals surface area contributed by atoms with Gasteiger partial charge in [0.15, 0.2) is 0 Å². The molecule has 0 radical (unpaired) electrons. The van der Waals surface area contributed by atoms with E-state index in [0.29, 0.717) is 30.2 Å². The largest absolute Gasteiger partial charge is 0.481 e. The van der Waals surface area contributed by atoms with Gasteiger partial charge < -0.3 is 10.0 Å². The van der Waals surface area contributed by atoms with Crippen LogP contribution in [0.2, 0.25) is 0 Å². The van der Waals surface area contributed by atoms with Gasteiger partial charge in [-0.2, -0.15) is 0 Å². The SMILES string of the molecule is C[C@@H](Cc1ccccc1)CC1CCN(C[C@H]2CN([C@@H]3CCCCC3CC(=O)O)C[C@@H]2c2ccccc2)CC1. The standard InChI is InChI=1S/C34H48N2O2/c1-26(20-27-10-4-2-5-11-27)21-28-16-18-35(19-17-28)23-31-24-36(25-32(31)29-12-6-3-7-13-29)33-15-9-8-14-30(33)22-34(37)38/h2-7,10-13,26,28,30-33H,8-9,14-25H2,1H3,(H,37,38)/t26-,30?,31-,32+,33+/m0/s1. The molecule has 0 bridgehead atoms. The Hall–Kier alpha value is -2.17. The zero-order valence-electron chi connectivity index (χ0n) is 23.4. The number of hydrogen-bond acceptors (Lipinski definition) is 3. The fraction of sp³-hybridized carbons (Fsp3) is 0.618. The van der Waals surface area contributed by atoms with Crippen LogP contribution in [0.4, 0.5) is 0 Å². The Morgan fingerprint density at radius 3 is 2.29 bits per heavy atom. The summed E-state index contributed by atoms with van der Waals surface area (Å²) in [5, 5.41) is 9.55. The maximum atomic E-state index is 11.6. The van der Waals surface area contributed by atoms with Gasteiger partial charge >= 0.3 is 5.97 Å². The van der Waals surface area contributed by atoms with E-state index in [1.54, 1.807) is 0 Å². The molecule has 2 aromatic rings. The maximum absolute atomic E-state index is 11.6. The summed E-state index contributed by atoms with van der Waals surface area (Å²) in [4.78, 5) is 17.0. The zero-order valence-corrected chi connectivity index (χ0v) is 23.4. The highest BCUT2D eigenvalue weighted by molar-refractivity contribution is 5.67. The Morgan fingerprint density at radius 1 is 0.895 bits per heavy atom. The third-order valence-electron chi connectivity index (χ3n) is 9.83. The van der Waals surface area contributed by atoms with Crippen LogP contribution in [-0.4, -0.2) is 59.6 Å². The summed E-state index contributed by atoms with van der Waals surface area (Å²) in [6.45, 7) is 8.27. The molecule has 206 valence electrons. The fourth-order valence-electron chi connectivity index (χ4n) is 7.97. The van der Waals surface area contributed by atoms with Crippen LogP contribution >= 0.6 is 0 Å². The third kappa shape index (κ3) is 7.27. The van der Waals surface area contributed by atoms with Crippen LogP contribution in [0.15, 0.2) is 60.7 Å². The highest BCUT2D eigenvalue weighted by atomic mass is 16.4. The molecule has 3 aliphatic rings. The van der Waals surface area contributed by atoms with Crippen molar-refractivity contribution in [3.05, 3.63) is 71.8 Å². The molecule has 4 nitrogen and oxygen atoms in total. The van der Waals surface area contributed by atoms with Crippen LogP contribution in [0.3, 0.4) is 0 Å². The Balaban J connectivity index is 1.17. The number of carbonyl (C=O) groups is 1. The van der Waals surface area contributed by atoms with E-state index in [1.807, 2.05) is 0 Å². The highest BCUT2D eigenvalue weighted by Gasteiger charge is 2.41. The van der Waals surface area contributed by atoms with Crippen LogP contribution in [0.25, 0.3) is 0 Å². The van der Waals surface area contributed by atoms with Gasteiger partial charge in [-0.05, 0) is 86.4 Å². The van der Waals surface area contributed by atoms with Gasteiger partial charge in [-0.15, -0.1) is 0 Å². The minimum absolute atomic E-state index is 0.310. The number of carboxylic acids is 1. The van der Waals surface area contributed by atoms with Crippen molar-refractivity contribution < 1.29 is 9.90 Å². The van der Waals surface area contributed by atoms with Crippen molar-refractivity contribution in [2.75, 3.05) is 32.7 Å². The minimum atomic E-state index is -0.627. The topological polar surface area (TPSA) is 43.8 Å². The monoisotopic (exact) mass is 516 g/mol. The number of rotatable bonds is 10. The van der Waals surface area contributed by atoms with E-state index in [4.69, 9.17) is 0 Å². The lowest BCUT2D eigenvalue weighted by atomic mass is 9.81. The Kier molecular flexibility index (Phi) is 9.56. The van der Waals surface area contributed by atoms with Gasteiger partial charge in [0.1, 0.15) is 0 Å². The molecule has 1 saturated carbocycles. The summed E-state index contributed by atoms with van der Waals surface area (Å²) >= 11 is 0. The molecular formula is C34H48N2O2. The molecule has 2 saturated heterocycles. The predicted molar refractivity (Wildman–Crippen MR) is 155 cm³/mol. The smallest absolute Gasteiger partial charge is 0.303 e. The lowest BCUT2D eigenvalue weighted by Gasteiger charge is -2.38. The molecule has 4 heteroatoms. The van der Waals surface area contributed by atoms with Crippen LogP contribution < -0.4 is 0 Å². The first-order valence-corrected chi connectivity index (χ1v) is 15.3. The van der Waals surface area contributed by atoms with E-state index < -0.39 is 5.97 Å². The lowest BCUT2D eigenvalue weighted by molar-refractivity contribution is -0.139. The molecule has 5 rings (SSSR count). The number of hydrogen-bond donors (Lipinski definition) is 1. The number of piperidine rings is 1. The van der Waals surface area contributed by atoms with Crippen molar-refractivity contribution in [2.24, 2.45) is 23.7 Å². The zero-order chi connectivity index (χ0) is 26.3. The van der Waals surface area contributed by atoms with E-state index in [1.165, 1.54) is 75.7 Å². The predicted octanol–water partition coefficient (Wildman–Crippen LogP) is 6.72. The Bertz CT molecular complexity index is 988. The molecule has 0 aromatic heterocycles. The van der Waals surface area contributed by atoms with E-state index >= 15 is 0 Å². The second kappa shape index (κ2) is 13.3. The molecule has 2 heterocycles. The molecule has 38 heavy (non-hydrogen) atoms. The lowest BCUT2D eigenvalue weighted by Crippen LogP contribution is -2.43. The van der Waals surface area contributed by atoms with Gasteiger partial charge in [0.25, 0.3) is 0 Å². The summed E-state index contributed by atoms with van der Waals surface area (Å²) in [5.74, 6) is 2.46. The molecule has 5 atom stereocenters. The third-order valence-corrected chi connectivity index (χ3v) is 9.83. The first kappa shape index (κ1) is 27.4. The summed E-state index contributed by atoms with van der Waals surface area (Å²) < 4.78 is 0. The van der Waals surface area contributed by atoms with E-state index in [9.17, 15) is 9.90 Å². The van der Waals surface area contributed by atoms with Gasteiger partial charge in [0.2, 0.25) is 0 Å². The van der Waals surface area contributed by atoms with Crippen molar-refractivity contribution in [3.63, 3.8) is 0 Å². The summed E-state index contributed by atoms with van der Waals surface area (Å²) in [6, 6.07) is 22.5. The van der Waals surface area contributed by atoms with Gasteiger partial charge in [0, 0.05) is 38.0 Å². The summed E-state index contributed by atoms with van der Waals surface area (Å²) in [5.41, 5.74) is 2.94. The number of benzene rings is 2. The van der Waals surface area contributed by atoms with Crippen LogP contribution in [0.5, 0.6) is 0 Å². The minimum Gasteiger partial charge on any atom is -0.481 e. The van der Waals surface area contributed by atoms with Crippen molar-refractivity contribution in [2.45, 2.75) is 76.7 Å². The van der Waals surface area contributed by atoms with E-state index in [0.717, 1.165) is 31.3 Å². The van der Waals surface area contributed by atoms with Crippen molar-refractivity contribution >= 4 is 5.97 Å². The first-order valence-electron chi connectivity index (χ1n) is 15.3. The molecule has 0 amide bonds. The van der Waals surface area contributed by atoms with Gasteiger partial charge in [-0.25, -0.2) is 0 Å². The quantitative estimate of drug-likeness (QED) is 0.381. The van der Waals surface area contributed by atoms with Crippen LogP contribution in [0.1, 0.15) is 75.3 Å². The molecule has 1 aliphatic carbocycles. The second-order valence-electron chi connectivity index (χ2n) is 12.7. The molecule has 2 aliphatic heterocycles. The molecule has 1 N–H and O–H groups in total. The van der Waals surface area contributed by atoms with E-state index in [-0.39, 0.29) is 0 Å². The molecule has 1 unspecified atom stereocenters. The number of aliphatic carboxylic acids is 1. The molecule has 2 aromatic carbocycles. The van der Waals surface area contributed by atoms with E-state index in [2.05, 4.69) is 77.4 Å². The average Bonchev–Trinajstić information content (AvgIpc) is 3.34. The molecule has 3 fully saturated rings. The van der Waals surface area contributed by atoms with Gasteiger partial charge in [-0.3, -0.25) is 9.69 Å². The fourth-order valence-corrected chi connectivity index (χ4v) is 7.97. The summed E-state index contributed by atoms with van der Waals surface area (Å²) in [6.07, 6.45) is 10.2. The maximum Gasteiger partial charge on any atom is 0.303 e. The second-order valence-corrected chi connectivity index (χ2v) is 12.7. The first-order chi connectivity index (χ1) is 18.5. The average molecular weight is 517 g/mol. The summed E-state index contributed by atoms with van der Waals surface area (Å²) in [7, 11) is 0. The highest BCUT2D eigenvalue weighted by Crippen LogP contribution is 2.40. The van der Waals surface area contributed by atoms with Crippen molar-refractivity contribution in [1.29, 1.82) is 0 Å². The molecular weight excluding hydrogens is 468 g/mol. The van der Waals surface area contributed by atoms with Crippen molar-refractivity contribution in [3.8, 4) is 0 Å². The van der Waals surface area contributed by atoms with Gasteiger partial charge in [0.05, 0.1) is 0 Å². The van der Waals surface area contributed by atoms with Gasteiger partial charge in [-0.1, -0.05) is 80.4 Å². The van der Waals surface area contributed by atoms with Crippen LogP contribution in [-0.2, 0) is 11.2 Å². The molecule has 0 spiro atoms. The Morgan fingerprint density at radius 2 is 1.58 bits per heavy atom. The normalized spacial score (nSPS) is 28.3. The number of likely N-dealkylation sites (tertiary alicyclic amines) is 2. The number of nitrogens with zero attached hydrogens (tertiary/aromatic N) is 2.